The molecule has 1 N–H and O–H groups in total. The zero-order valence-electron chi connectivity index (χ0n) is 15.0. The molecule has 1 amide bonds. The molecule has 0 bridgehead atoms. The highest BCUT2D eigenvalue weighted by Crippen LogP contribution is 2.23. The van der Waals surface area contributed by atoms with Crippen LogP contribution in [0.3, 0.4) is 0 Å². The number of hydrogen-bond acceptors (Lipinski definition) is 4. The van der Waals surface area contributed by atoms with Gasteiger partial charge in [0.15, 0.2) is 6.61 Å². The summed E-state index contributed by atoms with van der Waals surface area (Å²) in [4.78, 5) is 11.6. The summed E-state index contributed by atoms with van der Waals surface area (Å²) in [5.41, 5.74) is 1.44. The number of nitrogens with one attached hydrogen (secondary N) is 1. The van der Waals surface area contributed by atoms with Crippen LogP contribution >= 0.6 is 0 Å². The van der Waals surface area contributed by atoms with Gasteiger partial charge in [-0.2, -0.15) is 0 Å². The van der Waals surface area contributed by atoms with Crippen LogP contribution in [-0.4, -0.2) is 33.7 Å². The van der Waals surface area contributed by atoms with E-state index in [9.17, 15) is 13.2 Å². The minimum atomic E-state index is -3.44. The summed E-state index contributed by atoms with van der Waals surface area (Å²) in [6.07, 6.45) is 2.04. The Kier molecular flexibility index (Phi) is 7.03. The number of sulfonamides is 1. The fraction of sp³-hybridized carbons (Fsp3) is 0.316. The van der Waals surface area contributed by atoms with Crippen molar-refractivity contribution in [2.24, 2.45) is 0 Å². The van der Waals surface area contributed by atoms with Crippen LogP contribution in [0, 0.1) is 0 Å². The molecule has 2 rings (SSSR count). The van der Waals surface area contributed by atoms with E-state index in [0.717, 1.165) is 12.0 Å². The number of anilines is 1. The third-order valence-electron chi connectivity index (χ3n) is 3.64. The van der Waals surface area contributed by atoms with Gasteiger partial charge in [0, 0.05) is 6.54 Å². The van der Waals surface area contributed by atoms with Crippen molar-refractivity contribution in [3.05, 3.63) is 60.2 Å². The van der Waals surface area contributed by atoms with Crippen LogP contribution in [-0.2, 0) is 21.4 Å². The third-order valence-corrected chi connectivity index (χ3v) is 4.78. The zero-order chi connectivity index (χ0) is 19.0. The first-order valence-electron chi connectivity index (χ1n) is 8.41. The lowest BCUT2D eigenvalue weighted by Gasteiger charge is -2.22. The van der Waals surface area contributed by atoms with Gasteiger partial charge in [-0.25, -0.2) is 8.42 Å². The molecule has 0 heterocycles. The van der Waals surface area contributed by atoms with Crippen LogP contribution in [0.4, 0.5) is 5.69 Å². The summed E-state index contributed by atoms with van der Waals surface area (Å²) in [6.45, 7) is 2.77. The highest BCUT2D eigenvalue weighted by molar-refractivity contribution is 7.92. The SMILES string of the molecule is CCCNC(=O)COc1ccc(N(Cc2ccccc2)S(C)(=O)=O)cc1. The van der Waals surface area contributed by atoms with Crippen LogP contribution in [0.25, 0.3) is 0 Å². The lowest BCUT2D eigenvalue weighted by molar-refractivity contribution is -0.123. The van der Waals surface area contributed by atoms with Gasteiger partial charge in [0.05, 0.1) is 18.5 Å². The van der Waals surface area contributed by atoms with E-state index in [0.29, 0.717) is 18.0 Å². The Morgan fingerprint density at radius 1 is 1.08 bits per heavy atom. The van der Waals surface area contributed by atoms with Crippen molar-refractivity contribution in [2.75, 3.05) is 23.7 Å². The molecule has 0 aliphatic heterocycles. The monoisotopic (exact) mass is 376 g/mol. The smallest absolute Gasteiger partial charge is 0.257 e. The average Bonchev–Trinajstić information content (AvgIpc) is 2.63. The minimum absolute atomic E-state index is 0.0703. The van der Waals surface area contributed by atoms with Crippen molar-refractivity contribution in [3.8, 4) is 5.75 Å². The molecule has 0 spiro atoms. The summed E-state index contributed by atoms with van der Waals surface area (Å²) >= 11 is 0. The molecule has 2 aromatic rings. The maximum atomic E-state index is 12.2. The average molecular weight is 376 g/mol. The molecule has 0 aliphatic carbocycles. The standard InChI is InChI=1S/C19H24N2O4S/c1-3-13-20-19(22)15-25-18-11-9-17(10-12-18)21(26(2,23)24)14-16-7-5-4-6-8-16/h4-12H,3,13-15H2,1-2H3,(H,20,22). The number of hydrogen-bond donors (Lipinski definition) is 1. The van der Waals surface area contributed by atoms with Crippen molar-refractivity contribution in [3.63, 3.8) is 0 Å². The van der Waals surface area contributed by atoms with E-state index in [2.05, 4.69) is 5.32 Å². The fourth-order valence-corrected chi connectivity index (χ4v) is 3.21. The quantitative estimate of drug-likeness (QED) is 0.730. The van der Waals surface area contributed by atoms with E-state index < -0.39 is 10.0 Å². The summed E-state index contributed by atoms with van der Waals surface area (Å²) in [6, 6.07) is 16.0. The van der Waals surface area contributed by atoms with Gasteiger partial charge < -0.3 is 10.1 Å². The van der Waals surface area contributed by atoms with Crippen LogP contribution < -0.4 is 14.4 Å². The van der Waals surface area contributed by atoms with Gasteiger partial charge in [0.1, 0.15) is 5.75 Å². The van der Waals surface area contributed by atoms with Crippen molar-refractivity contribution < 1.29 is 17.9 Å². The first-order valence-corrected chi connectivity index (χ1v) is 10.3. The van der Waals surface area contributed by atoms with Crippen LogP contribution in [0.5, 0.6) is 5.75 Å². The number of nitrogens with zero attached hydrogens (tertiary/aromatic N) is 1. The van der Waals surface area contributed by atoms with Gasteiger partial charge in [-0.1, -0.05) is 37.3 Å². The summed E-state index contributed by atoms with van der Waals surface area (Å²) in [5.74, 6) is 0.325. The molecule has 0 saturated heterocycles. The van der Waals surface area contributed by atoms with E-state index in [1.165, 1.54) is 10.6 Å². The van der Waals surface area contributed by atoms with Crippen molar-refractivity contribution >= 4 is 21.6 Å². The molecule has 0 fully saturated rings. The van der Waals surface area contributed by atoms with Crippen LogP contribution in [0.15, 0.2) is 54.6 Å². The molecular weight excluding hydrogens is 352 g/mol. The van der Waals surface area contributed by atoms with Crippen LogP contribution in [0.1, 0.15) is 18.9 Å². The lowest BCUT2D eigenvalue weighted by Crippen LogP contribution is -2.29. The number of rotatable bonds is 9. The molecule has 0 atom stereocenters. The Balaban J connectivity index is 2.06. The maximum absolute atomic E-state index is 12.2. The summed E-state index contributed by atoms with van der Waals surface area (Å²) < 4.78 is 31.1. The van der Waals surface area contributed by atoms with Gasteiger partial charge in [-0.05, 0) is 36.2 Å². The Bertz CT molecular complexity index is 805. The first kappa shape index (κ1) is 19.8. The molecule has 7 heteroatoms. The highest BCUT2D eigenvalue weighted by atomic mass is 32.2. The highest BCUT2D eigenvalue weighted by Gasteiger charge is 2.18. The lowest BCUT2D eigenvalue weighted by atomic mass is 10.2. The number of carbonyl (C=O) groups excluding carboxylic acids is 1. The van der Waals surface area contributed by atoms with E-state index in [1.54, 1.807) is 24.3 Å². The molecule has 0 unspecified atom stereocenters. The van der Waals surface area contributed by atoms with Crippen molar-refractivity contribution in [2.45, 2.75) is 19.9 Å². The first-order chi connectivity index (χ1) is 12.4. The van der Waals surface area contributed by atoms with E-state index >= 15 is 0 Å². The van der Waals surface area contributed by atoms with Gasteiger partial charge in [-0.15, -0.1) is 0 Å². The van der Waals surface area contributed by atoms with Crippen molar-refractivity contribution in [1.82, 2.24) is 5.32 Å². The second kappa shape index (κ2) is 9.24. The second-order valence-electron chi connectivity index (χ2n) is 5.89. The zero-order valence-corrected chi connectivity index (χ0v) is 15.8. The Labute approximate surface area is 154 Å². The molecule has 0 aliphatic rings. The van der Waals surface area contributed by atoms with Gasteiger partial charge in [-0.3, -0.25) is 9.10 Å². The molecular formula is C19H24N2O4S. The molecule has 0 saturated carbocycles. The number of benzene rings is 2. The molecule has 0 radical (unpaired) electrons. The molecule has 2 aromatic carbocycles. The van der Waals surface area contributed by atoms with Gasteiger partial charge in [0.25, 0.3) is 5.91 Å². The number of carbonyl (C=O) groups is 1. The minimum Gasteiger partial charge on any atom is -0.484 e. The third kappa shape index (κ3) is 6.07. The van der Waals surface area contributed by atoms with Gasteiger partial charge in [0.2, 0.25) is 10.0 Å². The largest absolute Gasteiger partial charge is 0.484 e. The maximum Gasteiger partial charge on any atom is 0.257 e. The van der Waals surface area contributed by atoms with E-state index in [-0.39, 0.29) is 19.1 Å². The molecule has 140 valence electrons. The predicted octanol–water partition coefficient (Wildman–Crippen LogP) is 2.56. The van der Waals surface area contributed by atoms with Crippen molar-refractivity contribution in [1.29, 1.82) is 0 Å². The second-order valence-corrected chi connectivity index (χ2v) is 7.79. The fourth-order valence-electron chi connectivity index (χ4n) is 2.32. The Morgan fingerprint density at radius 3 is 2.31 bits per heavy atom. The molecule has 0 aromatic heterocycles. The molecule has 26 heavy (non-hydrogen) atoms. The summed E-state index contributed by atoms with van der Waals surface area (Å²) in [5, 5.41) is 2.73. The Morgan fingerprint density at radius 2 is 1.73 bits per heavy atom. The van der Waals surface area contributed by atoms with E-state index in [4.69, 9.17) is 4.74 Å². The Hall–Kier alpha value is -2.54. The topological polar surface area (TPSA) is 75.7 Å². The van der Waals surface area contributed by atoms with E-state index in [1.807, 2.05) is 37.3 Å². The van der Waals surface area contributed by atoms with Gasteiger partial charge >= 0.3 is 0 Å². The summed E-state index contributed by atoms with van der Waals surface area (Å²) in [7, 11) is -3.44. The molecule has 6 nitrogen and oxygen atoms in total. The number of ether oxygens (including phenoxy) is 1. The normalized spacial score (nSPS) is 11.0. The predicted molar refractivity (Wildman–Crippen MR) is 103 cm³/mol. The van der Waals surface area contributed by atoms with Crippen LogP contribution in [0.2, 0.25) is 0 Å². The number of amides is 1.